The number of carboxylic acids is 2. The molecule has 618 valence electrons. The molecular formula is C70H109N4O34P. The van der Waals surface area contributed by atoms with Crippen LogP contribution < -0.4 is 21.7 Å². The molecule has 109 heavy (non-hydrogen) atoms. The number of hydrogen-bond acceptors (Lipinski definition) is 31. The van der Waals surface area contributed by atoms with Gasteiger partial charge in [-0.1, -0.05) is 73.1 Å². The number of carbonyl (C=O) groups excluding carboxylic acids is 5. The quantitative estimate of drug-likeness (QED) is 0.0268. The van der Waals surface area contributed by atoms with E-state index in [2.05, 4.69) is 75.4 Å². The summed E-state index contributed by atoms with van der Waals surface area (Å²) in [7, 11) is -5.88. The average Bonchev–Trinajstić information content (AvgIpc) is 1.80. The molecular weight excluding hydrogens is 1470 g/mol. The molecule has 5 fully saturated rings. The summed E-state index contributed by atoms with van der Waals surface area (Å²) in [5.41, 5.74) is 6.25. The summed E-state index contributed by atoms with van der Waals surface area (Å²) >= 11 is 0. The molecule has 0 radical (unpaired) electrons. The number of hydrogen-bond donors (Lipinski definition) is 18. The van der Waals surface area contributed by atoms with Crippen LogP contribution in [0.25, 0.3) is 0 Å². The minimum absolute atomic E-state index is 0.126. The van der Waals surface area contributed by atoms with Crippen molar-refractivity contribution in [3.8, 4) is 0 Å². The second kappa shape index (κ2) is 40.6. The number of aliphatic carboxylic acids is 2. The van der Waals surface area contributed by atoms with Crippen molar-refractivity contribution in [2.24, 2.45) is 17.1 Å². The first-order valence-corrected chi connectivity index (χ1v) is 37.1. The van der Waals surface area contributed by atoms with Crippen molar-refractivity contribution in [1.82, 2.24) is 16.0 Å². The van der Waals surface area contributed by atoms with Gasteiger partial charge in [0.05, 0.1) is 38.1 Å². The Morgan fingerprint density at radius 3 is 1.93 bits per heavy atom. The Bertz CT molecular complexity index is 3360. The number of aliphatic hydroxyl groups excluding tert-OH is 10. The molecule has 4 saturated heterocycles. The molecule has 0 aromatic heterocycles. The van der Waals surface area contributed by atoms with E-state index in [1.54, 1.807) is 13.0 Å². The number of ketones is 1. The summed E-state index contributed by atoms with van der Waals surface area (Å²) in [5, 5.41) is 150. The predicted molar refractivity (Wildman–Crippen MR) is 373 cm³/mol. The zero-order valence-electron chi connectivity index (χ0n) is 62.4. The van der Waals surface area contributed by atoms with Crippen LogP contribution >= 0.6 is 7.82 Å². The monoisotopic (exact) mass is 1580 g/mol. The lowest BCUT2D eigenvalue weighted by Gasteiger charge is -2.51. The van der Waals surface area contributed by atoms with Crippen LogP contribution in [0.1, 0.15) is 133 Å². The number of phosphoric ester groups is 1. The largest absolute Gasteiger partial charge is 0.510 e. The highest BCUT2D eigenvalue weighted by molar-refractivity contribution is 7.47. The molecule has 0 bridgehead atoms. The third kappa shape index (κ3) is 25.4. The van der Waals surface area contributed by atoms with E-state index in [1.807, 2.05) is 6.08 Å². The second-order valence-corrected chi connectivity index (χ2v) is 30.7. The van der Waals surface area contributed by atoms with E-state index in [4.69, 9.17) is 62.1 Å². The van der Waals surface area contributed by atoms with Crippen molar-refractivity contribution in [3.63, 3.8) is 0 Å². The molecule has 6 rings (SSSR count). The molecule has 27 atom stereocenters. The third-order valence-electron chi connectivity index (χ3n) is 19.4. The Labute approximate surface area is 629 Å². The molecule has 19 N–H and O–H groups in total. The van der Waals surface area contributed by atoms with Crippen molar-refractivity contribution in [2.75, 3.05) is 26.4 Å². The molecule has 4 amide bonds. The first kappa shape index (κ1) is 91.8. The normalized spacial score (nSPS) is 35.6. The lowest BCUT2D eigenvalue weighted by Crippen LogP contribution is -2.72. The van der Waals surface area contributed by atoms with Gasteiger partial charge in [0.1, 0.15) is 90.2 Å². The molecule has 39 heteroatoms. The van der Waals surface area contributed by atoms with Gasteiger partial charge in [0.15, 0.2) is 61.5 Å². The lowest BCUT2D eigenvalue weighted by molar-refractivity contribution is -0.372. The molecule has 2 aliphatic carbocycles. The Hall–Kier alpha value is -6.12. The third-order valence-corrected chi connectivity index (χ3v) is 20.4. The van der Waals surface area contributed by atoms with Gasteiger partial charge in [0.2, 0.25) is 11.8 Å². The van der Waals surface area contributed by atoms with Crippen LogP contribution in [0.15, 0.2) is 70.7 Å². The van der Waals surface area contributed by atoms with Crippen molar-refractivity contribution in [3.05, 3.63) is 70.7 Å². The van der Waals surface area contributed by atoms with E-state index in [0.717, 1.165) is 64.0 Å². The van der Waals surface area contributed by atoms with Crippen LogP contribution in [0, 0.1) is 11.3 Å². The number of carboxylic acid groups (broad SMARTS) is 2. The zero-order chi connectivity index (χ0) is 81.5. The Morgan fingerprint density at radius 2 is 1.34 bits per heavy atom. The molecule has 0 spiro atoms. The number of primary amides is 1. The van der Waals surface area contributed by atoms with E-state index in [0.29, 0.717) is 12.8 Å². The van der Waals surface area contributed by atoms with Gasteiger partial charge < -0.3 is 140 Å². The fourth-order valence-electron chi connectivity index (χ4n) is 13.0. The van der Waals surface area contributed by atoms with Crippen LogP contribution in [0.5, 0.6) is 0 Å². The predicted octanol–water partition coefficient (Wildman–Crippen LogP) is -0.765. The number of nitrogens with two attached hydrogens (primary N) is 1. The van der Waals surface area contributed by atoms with Crippen molar-refractivity contribution >= 4 is 49.4 Å². The van der Waals surface area contributed by atoms with Crippen LogP contribution in [0.2, 0.25) is 0 Å². The van der Waals surface area contributed by atoms with Crippen LogP contribution in [-0.4, -0.2) is 292 Å². The van der Waals surface area contributed by atoms with Crippen molar-refractivity contribution < 1.29 is 166 Å². The second-order valence-electron chi connectivity index (χ2n) is 29.3. The highest BCUT2D eigenvalue weighted by Crippen LogP contribution is 2.49. The maximum absolute atomic E-state index is 14.1. The number of carbonyl (C=O) groups is 7. The summed E-state index contributed by atoms with van der Waals surface area (Å²) in [6.45, 7) is 17.0. The number of phosphoric acid groups is 1. The van der Waals surface area contributed by atoms with Gasteiger partial charge in [-0.3, -0.25) is 28.2 Å². The molecule has 0 aromatic rings. The number of allylic oxidation sites excluding steroid dienone is 10. The lowest BCUT2D eigenvalue weighted by atomic mass is 9.81. The maximum atomic E-state index is 14.1. The summed E-state index contributed by atoms with van der Waals surface area (Å²) in [5.74, 6) is -9.28. The smallest absolute Gasteiger partial charge is 0.474 e. The average molecular weight is 1580 g/mol. The minimum Gasteiger partial charge on any atom is -0.510 e. The van der Waals surface area contributed by atoms with E-state index in [9.17, 15) is 109 Å². The van der Waals surface area contributed by atoms with Gasteiger partial charge >= 0.3 is 25.9 Å². The molecule has 38 nitrogen and oxygen atoms in total. The first-order chi connectivity index (χ1) is 50.9. The highest BCUT2D eigenvalue weighted by Gasteiger charge is 2.63. The number of rotatable bonds is 37. The van der Waals surface area contributed by atoms with E-state index in [1.165, 1.54) is 18.1 Å². The van der Waals surface area contributed by atoms with Crippen molar-refractivity contribution in [1.29, 1.82) is 0 Å². The van der Waals surface area contributed by atoms with Gasteiger partial charge in [-0.2, -0.15) is 0 Å². The summed E-state index contributed by atoms with van der Waals surface area (Å²) in [6.07, 6.45) is -33.3. The topological polar surface area (TPSA) is 593 Å². The van der Waals surface area contributed by atoms with Crippen LogP contribution in [0.4, 0.5) is 4.79 Å². The number of ether oxygens (including phenoxy) is 10. The fraction of sp³-hybridized carbons (Fsp3) is 0.729. The number of aliphatic hydroxyl groups is 11. The maximum Gasteiger partial charge on any atom is 0.474 e. The van der Waals surface area contributed by atoms with Gasteiger partial charge in [-0.25, -0.2) is 18.9 Å². The molecule has 4 aliphatic heterocycles. The number of nitrogens with one attached hydrogen (secondary N) is 3. The molecule has 1 saturated carbocycles. The number of amides is 4. The van der Waals surface area contributed by atoms with Gasteiger partial charge in [-0.15, -0.1) is 0 Å². The van der Waals surface area contributed by atoms with E-state index < -0.39 is 239 Å². The number of Topliss-reactive ketones (excluding diaryl/α,β-unsaturated/α-hetero) is 1. The molecule has 2 unspecified atom stereocenters. The Balaban J connectivity index is 1.25. The first-order valence-electron chi connectivity index (χ1n) is 35.6. The van der Waals surface area contributed by atoms with Gasteiger partial charge in [0, 0.05) is 39.2 Å². The fourth-order valence-corrected chi connectivity index (χ4v) is 13.9. The summed E-state index contributed by atoms with van der Waals surface area (Å²) in [4.78, 5) is 102. The molecule has 4 heterocycles. The highest BCUT2D eigenvalue weighted by atomic mass is 31.2. The minimum atomic E-state index is -5.88. The summed E-state index contributed by atoms with van der Waals surface area (Å²) < 4.78 is 83.4. The van der Waals surface area contributed by atoms with Crippen LogP contribution in [-0.2, 0) is 89.7 Å². The van der Waals surface area contributed by atoms with E-state index in [-0.39, 0.29) is 31.3 Å². The SMILES string of the molecule is C=C(C/C=C(\C)CCC=C(C)C)CCC(C)(C)/C=C/CC/C(C)=C/CO[C@@H](COP(=O)(O)O[C@H]1O[C@H](C(=O)O)[C@@](C)(O)[C@H](OC(N)=O)C1O[C@@H]1O[C@H](CO[C@@H]2C[C@H](CO)[C@@H](O)[C@H](O)[C@H]2O)[C@@H](O[C@@H]2O[C@H](C)[C@@H](O[C@@H]3O[C@H](C(=O)NC4=C(O)CCC4=O)[C@H](O)[C@H](O)[C@H]3O)[C@H](O)[C@H]2NC(C)=O)[C@H](O)[C@H]1NC(C)=O)C(=O)O. The Morgan fingerprint density at radius 1 is 0.743 bits per heavy atom. The van der Waals surface area contributed by atoms with Crippen LogP contribution in [0.3, 0.4) is 0 Å². The summed E-state index contributed by atoms with van der Waals surface area (Å²) in [6, 6.07) is -3.98. The van der Waals surface area contributed by atoms with Gasteiger partial charge in [-0.05, 0) is 98.3 Å². The zero-order valence-corrected chi connectivity index (χ0v) is 63.3. The molecule has 0 aromatic carbocycles. The Kier molecular flexibility index (Phi) is 34.1. The van der Waals surface area contributed by atoms with Gasteiger partial charge in [0.25, 0.3) is 5.91 Å². The molecule has 6 aliphatic rings. The van der Waals surface area contributed by atoms with Crippen molar-refractivity contribution in [2.45, 2.75) is 286 Å². The van der Waals surface area contributed by atoms with E-state index >= 15 is 0 Å². The standard InChI is InChI=1S/C70H109N4O34P/c1-31(2)15-14-17-32(3)18-19-34(5)22-25-69(9,10)24-13-12-16-33(4)23-26-97-43(62(89)90)30-99-109(95,96)108-67-58(59(107-68(71)93)70(11,94)60(106-67)63(91)92)105-65-46(73-37(8)77)50(83)56(42(101-65)29-98-41-27-38(28-75)47(80)51(84)48(41)81)103-64-45(72-36(7)76)49(82)55(35(6)100-64)102-66-54(87)52(85)53(86)57(104-66)61(88)74-44-39(78)20-21-40(44)79/h13,15,18,23-24,35,38,41-43,45-60,64-67,75,78,80-87,94H,5,12,14,16-17,19-22,25-30H2,1-4,6-11H3,(H2,71,93)(H,72,76)(H,73,77)(H,74,88)(H,89,90)(H,91,92)(H,95,96)/b24-13+,32-18+,33-23+/t35-,38-,41-,42-,43+,45-,46-,47-,48+,49-,50-,51+,52+,53-,54-,55-,56-,57+,58?,59-,60-,64+,65+,66-,67-,70+/m1/s1.